The minimum absolute atomic E-state index is 0.0290. The molecule has 0 spiro atoms. The molecule has 0 aromatic heterocycles. The molecule has 4 amide bonds. The van der Waals surface area contributed by atoms with E-state index in [1.807, 2.05) is 0 Å². The summed E-state index contributed by atoms with van der Waals surface area (Å²) in [6.07, 6.45) is 3.93. The van der Waals surface area contributed by atoms with Gasteiger partial charge < -0.3 is 45.4 Å². The summed E-state index contributed by atoms with van der Waals surface area (Å²) in [5.74, 6) is -1.26. The standard InChI is InChI=1S/C39H46N4O10/c1-3-31-36(43-39(50)42-31)23(2)6-4-5-7-34(46)40-14-16-51-18-19-52-17-15-41-37(47)24-8-11-27(30(20-24)38(48)49)35-28-12-9-25(44)21-32(28)53-33-22-26(45)10-13-29(33)35/h8-13,20-23,31,36,44H,3-7,14-19H2,1-2H3,(H,40,46)(H,41,47)(H,48,49)(H2,42,43,50). The minimum Gasteiger partial charge on any atom is -0.508 e. The van der Waals surface area contributed by atoms with Crippen LogP contribution in [0.2, 0.25) is 0 Å². The fourth-order valence-electron chi connectivity index (χ4n) is 6.62. The molecular weight excluding hydrogens is 684 g/mol. The predicted octanol–water partition coefficient (Wildman–Crippen LogP) is 4.50. The molecule has 14 nitrogen and oxygen atoms in total. The first-order valence-electron chi connectivity index (χ1n) is 17.9. The molecule has 3 atom stereocenters. The molecule has 1 aliphatic carbocycles. The summed E-state index contributed by atoms with van der Waals surface area (Å²) in [6, 6.07) is 13.2. The normalized spacial score (nSPS) is 15.9. The zero-order chi connectivity index (χ0) is 37.9. The number of phenolic OH excluding ortho intramolecular Hbond substituents is 1. The van der Waals surface area contributed by atoms with E-state index in [4.69, 9.17) is 13.9 Å². The Morgan fingerprint density at radius 1 is 0.887 bits per heavy atom. The Morgan fingerprint density at radius 2 is 1.62 bits per heavy atom. The van der Waals surface area contributed by atoms with Crippen LogP contribution in [0.4, 0.5) is 4.79 Å². The highest BCUT2D eigenvalue weighted by molar-refractivity contribution is 6.09. The molecule has 3 aliphatic rings. The van der Waals surface area contributed by atoms with E-state index in [2.05, 4.69) is 35.1 Å². The number of hydrogen-bond donors (Lipinski definition) is 6. The van der Waals surface area contributed by atoms with E-state index in [0.717, 1.165) is 25.7 Å². The van der Waals surface area contributed by atoms with E-state index in [0.29, 0.717) is 54.2 Å². The van der Waals surface area contributed by atoms with Crippen LogP contribution in [0, 0.1) is 5.92 Å². The van der Waals surface area contributed by atoms with Gasteiger partial charge in [0.15, 0.2) is 5.43 Å². The molecule has 0 bridgehead atoms. The summed E-state index contributed by atoms with van der Waals surface area (Å²) < 4.78 is 16.9. The lowest BCUT2D eigenvalue weighted by Gasteiger charge is -2.23. The van der Waals surface area contributed by atoms with Gasteiger partial charge in [-0.2, -0.15) is 0 Å². The lowest BCUT2D eigenvalue weighted by atomic mass is 9.90. The van der Waals surface area contributed by atoms with Crippen molar-refractivity contribution >= 4 is 34.8 Å². The molecule has 2 aliphatic heterocycles. The van der Waals surface area contributed by atoms with Gasteiger partial charge in [0.05, 0.1) is 44.1 Å². The molecule has 1 fully saturated rings. The van der Waals surface area contributed by atoms with Crippen LogP contribution in [0.5, 0.6) is 5.75 Å². The summed E-state index contributed by atoms with van der Waals surface area (Å²) in [7, 11) is 0. The largest absolute Gasteiger partial charge is 0.508 e. The summed E-state index contributed by atoms with van der Waals surface area (Å²) in [5.41, 5.74) is 1.29. The lowest BCUT2D eigenvalue weighted by molar-refractivity contribution is -0.121. The Morgan fingerprint density at radius 3 is 2.36 bits per heavy atom. The molecule has 0 radical (unpaired) electrons. The quantitative estimate of drug-likeness (QED) is 0.0588. The van der Waals surface area contributed by atoms with Crippen LogP contribution < -0.4 is 26.7 Å². The first-order valence-corrected chi connectivity index (χ1v) is 17.9. The summed E-state index contributed by atoms with van der Waals surface area (Å²) in [5, 5.41) is 32.2. The van der Waals surface area contributed by atoms with Gasteiger partial charge in [0.2, 0.25) is 5.91 Å². The van der Waals surface area contributed by atoms with Gasteiger partial charge in [-0.25, -0.2) is 9.59 Å². The van der Waals surface area contributed by atoms with E-state index < -0.39 is 11.9 Å². The second kappa shape index (κ2) is 18.3. The number of benzene rings is 3. The van der Waals surface area contributed by atoms with Crippen molar-refractivity contribution in [1.82, 2.24) is 21.3 Å². The Kier molecular flexibility index (Phi) is 13.4. The number of aromatic carboxylic acids is 1. The Bertz CT molecular complexity index is 1960. The van der Waals surface area contributed by atoms with Gasteiger partial charge in [0.1, 0.15) is 17.1 Å². The second-order valence-corrected chi connectivity index (χ2v) is 13.1. The van der Waals surface area contributed by atoms with Crippen LogP contribution in [-0.4, -0.2) is 85.6 Å². The van der Waals surface area contributed by atoms with Crippen molar-refractivity contribution in [2.75, 3.05) is 39.5 Å². The fourth-order valence-corrected chi connectivity index (χ4v) is 6.62. The smallest absolute Gasteiger partial charge is 0.336 e. The molecule has 2 aromatic carbocycles. The van der Waals surface area contributed by atoms with Crippen molar-refractivity contribution in [3.8, 4) is 28.2 Å². The predicted molar refractivity (Wildman–Crippen MR) is 197 cm³/mol. The molecule has 2 aromatic rings. The Hall–Kier alpha value is -5.47. The van der Waals surface area contributed by atoms with Gasteiger partial charge in [0, 0.05) is 53.7 Å². The second-order valence-electron chi connectivity index (χ2n) is 13.1. The number of amides is 4. The van der Waals surface area contributed by atoms with Crippen LogP contribution in [-0.2, 0) is 14.3 Å². The van der Waals surface area contributed by atoms with Gasteiger partial charge in [-0.05, 0) is 67.1 Å². The minimum atomic E-state index is -1.25. The number of carboxylic acids is 1. The number of hydrogen-bond acceptors (Lipinski definition) is 9. The van der Waals surface area contributed by atoms with E-state index in [1.54, 1.807) is 18.2 Å². The number of fused-ring (bicyclic) bond motifs is 2. The van der Waals surface area contributed by atoms with Gasteiger partial charge >= 0.3 is 12.0 Å². The van der Waals surface area contributed by atoms with Crippen LogP contribution in [0.25, 0.3) is 33.4 Å². The van der Waals surface area contributed by atoms with Crippen molar-refractivity contribution in [2.45, 2.75) is 58.0 Å². The first-order chi connectivity index (χ1) is 25.5. The van der Waals surface area contributed by atoms with Gasteiger partial charge in [-0.1, -0.05) is 26.3 Å². The average Bonchev–Trinajstić information content (AvgIpc) is 3.53. The van der Waals surface area contributed by atoms with Crippen LogP contribution >= 0.6 is 0 Å². The van der Waals surface area contributed by atoms with E-state index in [-0.39, 0.29) is 77.4 Å². The highest BCUT2D eigenvalue weighted by Crippen LogP contribution is 2.42. The molecule has 2 heterocycles. The molecule has 53 heavy (non-hydrogen) atoms. The number of unbranched alkanes of at least 4 members (excludes halogenated alkanes) is 1. The number of ether oxygens (including phenoxy) is 2. The van der Waals surface area contributed by atoms with E-state index in [9.17, 15) is 34.2 Å². The first kappa shape index (κ1) is 38.8. The number of rotatable bonds is 19. The van der Waals surface area contributed by atoms with Crippen molar-refractivity contribution < 1.29 is 43.3 Å². The van der Waals surface area contributed by atoms with Crippen LogP contribution in [0.1, 0.15) is 66.7 Å². The molecule has 14 heteroatoms. The third-order valence-electron chi connectivity index (χ3n) is 9.34. The molecule has 5 rings (SSSR count). The highest BCUT2D eigenvalue weighted by atomic mass is 16.5. The fraction of sp³-hybridized carbons (Fsp3) is 0.410. The van der Waals surface area contributed by atoms with Gasteiger partial charge in [-0.15, -0.1) is 0 Å². The van der Waals surface area contributed by atoms with E-state index in [1.165, 1.54) is 36.4 Å². The molecular formula is C39H46N4O10. The van der Waals surface area contributed by atoms with E-state index >= 15 is 0 Å². The number of urea groups is 1. The SMILES string of the molecule is CCC1NC(=O)NC1C(C)CCCCC(=O)NCCOCCOCCNC(=O)c1ccc(-c2c3ccc(=O)cc-3oc3cc(O)ccc23)c(C(=O)O)c1. The number of carbonyl (C=O) groups excluding carboxylic acids is 3. The molecule has 3 unspecified atom stereocenters. The van der Waals surface area contributed by atoms with Crippen LogP contribution in [0.3, 0.4) is 0 Å². The summed E-state index contributed by atoms with van der Waals surface area (Å²) >= 11 is 0. The summed E-state index contributed by atoms with van der Waals surface area (Å²) in [6.45, 7) is 5.89. The number of carboxylic acid groups (broad SMARTS) is 1. The third-order valence-corrected chi connectivity index (χ3v) is 9.34. The number of nitrogens with one attached hydrogen (secondary N) is 4. The Balaban J connectivity index is 1.00. The molecule has 1 saturated heterocycles. The molecule has 6 N–H and O–H groups in total. The van der Waals surface area contributed by atoms with Crippen molar-refractivity contribution in [1.29, 1.82) is 0 Å². The van der Waals surface area contributed by atoms with Crippen molar-refractivity contribution in [2.24, 2.45) is 5.92 Å². The third kappa shape index (κ3) is 10.1. The highest BCUT2D eigenvalue weighted by Gasteiger charge is 2.33. The monoisotopic (exact) mass is 730 g/mol. The Labute approximate surface area is 306 Å². The zero-order valence-electron chi connectivity index (χ0n) is 29.9. The lowest BCUT2D eigenvalue weighted by Crippen LogP contribution is -2.38. The maximum Gasteiger partial charge on any atom is 0.336 e. The molecule has 0 saturated carbocycles. The average molecular weight is 731 g/mol. The zero-order valence-corrected chi connectivity index (χ0v) is 29.9. The van der Waals surface area contributed by atoms with Gasteiger partial charge in [-0.3, -0.25) is 14.4 Å². The van der Waals surface area contributed by atoms with Crippen LogP contribution in [0.15, 0.2) is 63.8 Å². The van der Waals surface area contributed by atoms with Crippen molar-refractivity contribution in [3.63, 3.8) is 0 Å². The van der Waals surface area contributed by atoms with Gasteiger partial charge in [0.25, 0.3) is 5.91 Å². The topological polar surface area (TPSA) is 206 Å². The number of aromatic hydroxyl groups is 1. The number of phenols is 1. The number of carbonyl (C=O) groups is 4. The maximum atomic E-state index is 12.9. The van der Waals surface area contributed by atoms with Crippen molar-refractivity contribution in [3.05, 3.63) is 75.9 Å². The maximum absolute atomic E-state index is 12.9. The summed E-state index contributed by atoms with van der Waals surface area (Å²) in [4.78, 5) is 61.2. The molecule has 282 valence electrons.